The number of nitrogens with one attached hydrogen (secondary N) is 1. The lowest BCUT2D eigenvalue weighted by Crippen LogP contribution is -2.31. The first-order valence-corrected chi connectivity index (χ1v) is 9.20. The van der Waals surface area contributed by atoms with Crippen LogP contribution in [0.5, 0.6) is 0 Å². The Labute approximate surface area is 167 Å². The molecule has 0 aliphatic rings. The summed E-state index contributed by atoms with van der Waals surface area (Å²) in [6.07, 6.45) is 5.65. The van der Waals surface area contributed by atoms with E-state index in [0.29, 0.717) is 17.6 Å². The summed E-state index contributed by atoms with van der Waals surface area (Å²) in [6, 6.07) is 14.7. The van der Waals surface area contributed by atoms with Crippen LogP contribution in [0, 0.1) is 6.92 Å². The SMILES string of the molecule is Cc1ccc(NC(=O)Cn2nc(Cc3cccnc3)c3ccccc3c2=O)nc1. The second-order valence-corrected chi connectivity index (χ2v) is 6.76. The Morgan fingerprint density at radius 1 is 1.03 bits per heavy atom. The predicted molar refractivity (Wildman–Crippen MR) is 111 cm³/mol. The lowest BCUT2D eigenvalue weighted by Gasteiger charge is -2.11. The molecule has 4 rings (SSSR count). The van der Waals surface area contributed by atoms with Crippen LogP contribution < -0.4 is 10.9 Å². The topological polar surface area (TPSA) is 89.8 Å². The van der Waals surface area contributed by atoms with Crippen LogP contribution in [-0.4, -0.2) is 25.7 Å². The summed E-state index contributed by atoms with van der Waals surface area (Å²) in [6.45, 7) is 1.72. The van der Waals surface area contributed by atoms with E-state index in [-0.39, 0.29) is 18.0 Å². The molecular formula is C22H19N5O2. The fourth-order valence-corrected chi connectivity index (χ4v) is 3.10. The first-order chi connectivity index (χ1) is 14.1. The van der Waals surface area contributed by atoms with Crippen molar-refractivity contribution in [1.82, 2.24) is 19.7 Å². The second-order valence-electron chi connectivity index (χ2n) is 6.76. The van der Waals surface area contributed by atoms with E-state index < -0.39 is 0 Å². The van der Waals surface area contributed by atoms with Gasteiger partial charge >= 0.3 is 0 Å². The maximum Gasteiger partial charge on any atom is 0.275 e. The van der Waals surface area contributed by atoms with Crippen molar-refractivity contribution in [3.63, 3.8) is 0 Å². The van der Waals surface area contributed by atoms with Crippen molar-refractivity contribution < 1.29 is 4.79 Å². The van der Waals surface area contributed by atoms with Crippen LogP contribution in [0.15, 0.2) is 71.9 Å². The minimum atomic E-state index is -0.362. The fraction of sp³-hybridized carbons (Fsp3) is 0.136. The third-order valence-electron chi connectivity index (χ3n) is 4.51. The van der Waals surface area contributed by atoms with Gasteiger partial charge in [-0.05, 0) is 36.2 Å². The van der Waals surface area contributed by atoms with Gasteiger partial charge in [-0.1, -0.05) is 30.3 Å². The molecule has 3 heterocycles. The lowest BCUT2D eigenvalue weighted by molar-refractivity contribution is -0.117. The molecule has 1 N–H and O–H groups in total. The summed E-state index contributed by atoms with van der Waals surface area (Å²) in [5.74, 6) is 0.0728. The van der Waals surface area contributed by atoms with Crippen LogP contribution in [0.3, 0.4) is 0 Å². The van der Waals surface area contributed by atoms with Crippen molar-refractivity contribution in [2.45, 2.75) is 19.9 Å². The maximum atomic E-state index is 12.9. The number of anilines is 1. The van der Waals surface area contributed by atoms with Crippen molar-refractivity contribution in [2.75, 3.05) is 5.32 Å². The quantitative estimate of drug-likeness (QED) is 0.571. The van der Waals surface area contributed by atoms with E-state index in [0.717, 1.165) is 22.2 Å². The Hall–Kier alpha value is -3.87. The predicted octanol–water partition coefficient (Wildman–Crippen LogP) is 2.72. The normalized spacial score (nSPS) is 10.8. The molecule has 7 nitrogen and oxygen atoms in total. The molecule has 0 radical (unpaired) electrons. The molecule has 1 amide bonds. The zero-order valence-electron chi connectivity index (χ0n) is 15.9. The largest absolute Gasteiger partial charge is 0.309 e. The molecule has 7 heteroatoms. The summed E-state index contributed by atoms with van der Waals surface area (Å²) >= 11 is 0. The number of hydrogen-bond donors (Lipinski definition) is 1. The number of amides is 1. The molecule has 144 valence electrons. The van der Waals surface area contributed by atoms with Crippen LogP contribution in [0.4, 0.5) is 5.82 Å². The van der Waals surface area contributed by atoms with Crippen LogP contribution in [0.2, 0.25) is 0 Å². The molecule has 0 saturated heterocycles. The van der Waals surface area contributed by atoms with E-state index in [1.54, 1.807) is 36.8 Å². The second kappa shape index (κ2) is 8.02. The first kappa shape index (κ1) is 18.5. The van der Waals surface area contributed by atoms with Gasteiger partial charge in [0.15, 0.2) is 0 Å². The third-order valence-corrected chi connectivity index (χ3v) is 4.51. The molecule has 29 heavy (non-hydrogen) atoms. The number of aryl methyl sites for hydroxylation is 1. The van der Waals surface area contributed by atoms with E-state index in [4.69, 9.17) is 0 Å². The van der Waals surface area contributed by atoms with E-state index in [2.05, 4.69) is 20.4 Å². The minimum Gasteiger partial charge on any atom is -0.309 e. The van der Waals surface area contributed by atoms with Gasteiger partial charge in [0.25, 0.3) is 5.56 Å². The summed E-state index contributed by atoms with van der Waals surface area (Å²) in [4.78, 5) is 33.6. The molecule has 1 aromatic carbocycles. The molecule has 0 unspecified atom stereocenters. The Morgan fingerprint density at radius 2 is 1.86 bits per heavy atom. The zero-order chi connectivity index (χ0) is 20.2. The van der Waals surface area contributed by atoms with Crippen molar-refractivity contribution in [2.24, 2.45) is 0 Å². The molecule has 0 atom stereocenters. The number of carbonyl (C=O) groups is 1. The fourth-order valence-electron chi connectivity index (χ4n) is 3.10. The molecule has 0 bridgehead atoms. The van der Waals surface area contributed by atoms with Crippen molar-refractivity contribution in [3.05, 3.63) is 94.3 Å². The van der Waals surface area contributed by atoms with E-state index in [9.17, 15) is 9.59 Å². The van der Waals surface area contributed by atoms with Gasteiger partial charge in [-0.15, -0.1) is 0 Å². The zero-order valence-corrected chi connectivity index (χ0v) is 15.9. The number of rotatable bonds is 5. The number of hydrogen-bond acceptors (Lipinski definition) is 5. The number of aromatic nitrogens is 4. The molecule has 4 aromatic rings. The highest BCUT2D eigenvalue weighted by atomic mass is 16.2. The summed E-state index contributed by atoms with van der Waals surface area (Å²) < 4.78 is 1.21. The average molecular weight is 385 g/mol. The third kappa shape index (κ3) is 4.19. The summed E-state index contributed by atoms with van der Waals surface area (Å²) in [7, 11) is 0. The van der Waals surface area contributed by atoms with Gasteiger partial charge in [-0.25, -0.2) is 9.67 Å². The molecule has 0 spiro atoms. The van der Waals surface area contributed by atoms with Crippen molar-refractivity contribution in [3.8, 4) is 0 Å². The number of benzene rings is 1. The Bertz CT molecular complexity index is 1220. The van der Waals surface area contributed by atoms with Gasteiger partial charge < -0.3 is 5.32 Å². The van der Waals surface area contributed by atoms with Gasteiger partial charge in [0.1, 0.15) is 12.4 Å². The van der Waals surface area contributed by atoms with E-state index >= 15 is 0 Å². The molecule has 0 saturated carbocycles. The summed E-state index contributed by atoms with van der Waals surface area (Å²) in [5.41, 5.74) is 2.39. The lowest BCUT2D eigenvalue weighted by atomic mass is 10.1. The van der Waals surface area contributed by atoms with Crippen LogP contribution in [0.25, 0.3) is 10.8 Å². The van der Waals surface area contributed by atoms with Crippen molar-refractivity contribution >= 4 is 22.5 Å². The van der Waals surface area contributed by atoms with Crippen molar-refractivity contribution in [1.29, 1.82) is 0 Å². The molecule has 0 fully saturated rings. The molecule has 0 aliphatic heterocycles. The van der Waals surface area contributed by atoms with Crippen LogP contribution >= 0.6 is 0 Å². The standard InChI is InChI=1S/C22H19N5O2/c1-15-8-9-20(24-12-15)25-21(28)14-27-22(29)18-7-3-2-6-17(18)19(26-27)11-16-5-4-10-23-13-16/h2-10,12-13H,11,14H2,1H3,(H,24,25,28). The number of pyridine rings is 2. The molecule has 3 aromatic heterocycles. The first-order valence-electron chi connectivity index (χ1n) is 9.20. The number of nitrogens with zero attached hydrogens (tertiary/aromatic N) is 4. The average Bonchev–Trinajstić information content (AvgIpc) is 2.74. The highest BCUT2D eigenvalue weighted by molar-refractivity contribution is 5.90. The molecular weight excluding hydrogens is 366 g/mol. The van der Waals surface area contributed by atoms with Gasteiger partial charge in [-0.2, -0.15) is 5.10 Å². The number of fused-ring (bicyclic) bond motifs is 1. The number of carbonyl (C=O) groups excluding carboxylic acids is 1. The monoisotopic (exact) mass is 385 g/mol. The van der Waals surface area contributed by atoms with Gasteiger partial charge in [0, 0.05) is 30.4 Å². The highest BCUT2D eigenvalue weighted by Crippen LogP contribution is 2.16. The van der Waals surface area contributed by atoms with Crippen LogP contribution in [0.1, 0.15) is 16.8 Å². The molecule has 0 aliphatic carbocycles. The highest BCUT2D eigenvalue weighted by Gasteiger charge is 2.14. The Balaban J connectivity index is 1.66. The maximum absolute atomic E-state index is 12.9. The summed E-state index contributed by atoms with van der Waals surface area (Å²) in [5, 5.41) is 8.50. The van der Waals surface area contributed by atoms with Gasteiger partial charge in [-0.3, -0.25) is 14.6 Å². The van der Waals surface area contributed by atoms with Crippen LogP contribution in [-0.2, 0) is 17.8 Å². The smallest absolute Gasteiger partial charge is 0.275 e. The Kier molecular flexibility index (Phi) is 5.11. The minimum absolute atomic E-state index is 0.195. The van der Waals surface area contributed by atoms with E-state index in [1.807, 2.05) is 37.3 Å². The Morgan fingerprint density at radius 3 is 2.59 bits per heavy atom. The van der Waals surface area contributed by atoms with Gasteiger partial charge in [0.05, 0.1) is 11.1 Å². The van der Waals surface area contributed by atoms with E-state index in [1.165, 1.54) is 4.68 Å². The van der Waals surface area contributed by atoms with Gasteiger partial charge in [0.2, 0.25) is 5.91 Å².